The molecule has 1 atom stereocenters. The summed E-state index contributed by atoms with van der Waals surface area (Å²) in [5.74, 6) is 0.0251. The zero-order chi connectivity index (χ0) is 16.8. The van der Waals surface area contributed by atoms with E-state index in [1.807, 2.05) is 22.6 Å². The molecule has 2 rings (SSSR count). The molecule has 0 saturated carbocycles. The summed E-state index contributed by atoms with van der Waals surface area (Å²) >= 11 is 2.02. The van der Waals surface area contributed by atoms with Crippen LogP contribution in [-0.2, 0) is 14.4 Å². The maximum Gasteiger partial charge on any atom is 0.242 e. The van der Waals surface area contributed by atoms with Gasteiger partial charge in [0, 0.05) is 45.6 Å². The third-order valence-corrected chi connectivity index (χ3v) is 5.29. The van der Waals surface area contributed by atoms with E-state index in [-0.39, 0.29) is 21.6 Å². The minimum Gasteiger partial charge on any atom is -0.340 e. The molecule has 0 spiro atoms. The van der Waals surface area contributed by atoms with Gasteiger partial charge < -0.3 is 10.1 Å². The molecule has 0 aromatic rings. The molecule has 0 aromatic heterocycles. The minimum absolute atomic E-state index is 0.0613. The maximum absolute atomic E-state index is 12.0. The molecule has 2 heterocycles. The Bertz CT molecular complexity index is 452. The van der Waals surface area contributed by atoms with Crippen molar-refractivity contribution in [2.75, 3.05) is 32.7 Å². The minimum atomic E-state index is -0.197. The summed E-state index contributed by atoms with van der Waals surface area (Å²) in [7, 11) is 0. The summed E-state index contributed by atoms with van der Waals surface area (Å²) < 4.78 is -0.197. The van der Waals surface area contributed by atoms with Crippen molar-refractivity contribution in [3.05, 3.63) is 0 Å². The lowest BCUT2D eigenvalue weighted by Gasteiger charge is -2.31. The smallest absolute Gasteiger partial charge is 0.242 e. The molecule has 2 aliphatic rings. The van der Waals surface area contributed by atoms with Crippen molar-refractivity contribution in [3.8, 4) is 0 Å². The predicted molar refractivity (Wildman–Crippen MR) is 92.2 cm³/mol. The van der Waals surface area contributed by atoms with Gasteiger partial charge in [0.15, 0.2) is 0 Å². The van der Waals surface area contributed by atoms with Gasteiger partial charge in [0.05, 0.1) is 3.92 Å². The first-order valence-corrected chi connectivity index (χ1v) is 9.43. The van der Waals surface area contributed by atoms with Gasteiger partial charge in [-0.3, -0.25) is 19.3 Å². The molecule has 1 N–H and O–H groups in total. The van der Waals surface area contributed by atoms with Crippen molar-refractivity contribution >= 4 is 40.3 Å². The lowest BCUT2D eigenvalue weighted by atomic mass is 10.1. The van der Waals surface area contributed by atoms with Gasteiger partial charge in [-0.05, 0) is 12.8 Å². The van der Waals surface area contributed by atoms with Crippen molar-refractivity contribution in [3.63, 3.8) is 0 Å². The molecule has 3 amide bonds. The molecule has 23 heavy (non-hydrogen) atoms. The average molecular weight is 437 g/mol. The van der Waals surface area contributed by atoms with E-state index in [1.54, 1.807) is 4.90 Å². The number of carbonyl (C=O) groups excluding carboxylic acids is 3. The highest BCUT2D eigenvalue weighted by Crippen LogP contribution is 2.21. The highest BCUT2D eigenvalue weighted by Gasteiger charge is 2.36. The molecular formula is C15H24IN3O4. The second-order valence-electron chi connectivity index (χ2n) is 6.05. The van der Waals surface area contributed by atoms with Crippen molar-refractivity contribution in [2.45, 2.75) is 42.4 Å². The number of amides is 3. The van der Waals surface area contributed by atoms with E-state index in [4.69, 9.17) is 0 Å². The quantitative estimate of drug-likeness (QED) is 0.279. The Balaban J connectivity index is 1.53. The van der Waals surface area contributed by atoms with E-state index in [1.165, 1.54) is 9.96 Å². The van der Waals surface area contributed by atoms with Crippen molar-refractivity contribution in [2.24, 2.45) is 0 Å². The first-order chi connectivity index (χ1) is 11.0. The normalized spacial score (nSPS) is 23.0. The first kappa shape index (κ1) is 18.6. The highest BCUT2D eigenvalue weighted by molar-refractivity contribution is 14.1. The lowest BCUT2D eigenvalue weighted by Crippen LogP contribution is -2.47. The first-order valence-electron chi connectivity index (χ1n) is 8.19. The SMILES string of the molecule is O=C(CCCCCCN1C(=O)CC(I)C1=O)N1CCN(O)CC1. The molecule has 0 aliphatic carbocycles. The fraction of sp³-hybridized carbons (Fsp3) is 0.800. The topological polar surface area (TPSA) is 81.2 Å². The van der Waals surface area contributed by atoms with Crippen LogP contribution in [-0.4, -0.2) is 74.4 Å². The zero-order valence-electron chi connectivity index (χ0n) is 13.2. The van der Waals surface area contributed by atoms with E-state index < -0.39 is 0 Å². The summed E-state index contributed by atoms with van der Waals surface area (Å²) in [6, 6.07) is 0. The second kappa shape index (κ2) is 8.93. The number of alkyl halides is 1. The van der Waals surface area contributed by atoms with Gasteiger partial charge in [-0.2, -0.15) is 5.06 Å². The number of piperazine rings is 1. The van der Waals surface area contributed by atoms with Crippen LogP contribution in [0.25, 0.3) is 0 Å². The number of hydrogen-bond acceptors (Lipinski definition) is 5. The Labute approximate surface area is 150 Å². The van der Waals surface area contributed by atoms with Crippen molar-refractivity contribution in [1.82, 2.24) is 14.9 Å². The predicted octanol–water partition coefficient (Wildman–Crippen LogP) is 1.03. The average Bonchev–Trinajstić information content (AvgIpc) is 2.77. The van der Waals surface area contributed by atoms with Crippen LogP contribution >= 0.6 is 22.6 Å². The molecule has 7 nitrogen and oxygen atoms in total. The van der Waals surface area contributed by atoms with Crippen LogP contribution < -0.4 is 0 Å². The van der Waals surface area contributed by atoms with E-state index in [0.717, 1.165) is 25.7 Å². The van der Waals surface area contributed by atoms with Gasteiger partial charge in [0.1, 0.15) is 0 Å². The van der Waals surface area contributed by atoms with Gasteiger partial charge in [-0.15, -0.1) is 0 Å². The molecule has 0 bridgehead atoms. The molecule has 130 valence electrons. The van der Waals surface area contributed by atoms with Crippen LogP contribution in [0.5, 0.6) is 0 Å². The van der Waals surface area contributed by atoms with Crippen LogP contribution in [0.4, 0.5) is 0 Å². The highest BCUT2D eigenvalue weighted by atomic mass is 127. The lowest BCUT2D eigenvalue weighted by molar-refractivity contribution is -0.146. The summed E-state index contributed by atoms with van der Waals surface area (Å²) in [5, 5.41) is 10.5. The number of rotatable bonds is 7. The van der Waals surface area contributed by atoms with Gasteiger partial charge in [0.25, 0.3) is 0 Å². The van der Waals surface area contributed by atoms with Gasteiger partial charge in [-0.25, -0.2) is 0 Å². The molecule has 0 aromatic carbocycles. The summed E-state index contributed by atoms with van der Waals surface area (Å²) in [6.45, 7) is 2.71. The second-order valence-corrected chi connectivity index (χ2v) is 7.56. The monoisotopic (exact) mass is 437 g/mol. The van der Waals surface area contributed by atoms with E-state index in [0.29, 0.717) is 45.6 Å². The van der Waals surface area contributed by atoms with Crippen molar-refractivity contribution in [1.29, 1.82) is 0 Å². The summed E-state index contributed by atoms with van der Waals surface area (Å²) in [5.41, 5.74) is 0. The molecule has 8 heteroatoms. The third kappa shape index (κ3) is 5.39. The van der Waals surface area contributed by atoms with E-state index in [9.17, 15) is 19.6 Å². The standard InChI is InChI=1S/C15H24IN3O4/c16-12-11-14(21)19(15(12)22)6-4-2-1-3-5-13(20)17-7-9-18(23)10-8-17/h12,23H,1-11H2. The van der Waals surface area contributed by atoms with Gasteiger partial charge in [-0.1, -0.05) is 35.4 Å². The van der Waals surface area contributed by atoms with Crippen LogP contribution in [0.3, 0.4) is 0 Å². The van der Waals surface area contributed by atoms with Gasteiger partial charge >= 0.3 is 0 Å². The number of likely N-dealkylation sites (tertiary alicyclic amines) is 1. The van der Waals surface area contributed by atoms with E-state index in [2.05, 4.69) is 0 Å². The van der Waals surface area contributed by atoms with Gasteiger partial charge in [0.2, 0.25) is 17.7 Å². The number of imide groups is 1. The largest absolute Gasteiger partial charge is 0.340 e. The number of hydroxylamine groups is 2. The Hall–Kier alpha value is -0.740. The zero-order valence-corrected chi connectivity index (χ0v) is 15.4. The molecule has 2 aliphatic heterocycles. The summed E-state index contributed by atoms with van der Waals surface area (Å²) in [6.07, 6.45) is 4.33. The number of carbonyl (C=O) groups is 3. The van der Waals surface area contributed by atoms with Crippen LogP contribution in [0.15, 0.2) is 0 Å². The Kier molecular flexibility index (Phi) is 7.22. The van der Waals surface area contributed by atoms with Crippen molar-refractivity contribution < 1.29 is 19.6 Å². The molecule has 2 saturated heterocycles. The fourth-order valence-electron chi connectivity index (χ4n) is 2.88. The number of halogens is 1. The molecular weight excluding hydrogens is 413 g/mol. The number of nitrogens with zero attached hydrogens (tertiary/aromatic N) is 3. The molecule has 0 radical (unpaired) electrons. The van der Waals surface area contributed by atoms with E-state index >= 15 is 0 Å². The Morgan fingerprint density at radius 3 is 2.35 bits per heavy atom. The third-order valence-electron chi connectivity index (χ3n) is 4.32. The maximum atomic E-state index is 12.0. The molecule has 2 fully saturated rings. The van der Waals surface area contributed by atoms with Crippen LogP contribution in [0.1, 0.15) is 38.5 Å². The Morgan fingerprint density at radius 2 is 1.74 bits per heavy atom. The number of unbranched alkanes of at least 4 members (excludes halogenated alkanes) is 3. The van der Waals surface area contributed by atoms with Crippen LogP contribution in [0, 0.1) is 0 Å². The number of hydrogen-bond donors (Lipinski definition) is 1. The Morgan fingerprint density at radius 1 is 1.09 bits per heavy atom. The molecule has 1 unspecified atom stereocenters. The van der Waals surface area contributed by atoms with Crippen LogP contribution in [0.2, 0.25) is 0 Å². The summed E-state index contributed by atoms with van der Waals surface area (Å²) in [4.78, 5) is 38.5. The fourth-order valence-corrected chi connectivity index (χ4v) is 3.59.